The van der Waals surface area contributed by atoms with Crippen molar-refractivity contribution < 1.29 is 4.79 Å². The number of aryl methyl sites for hydroxylation is 1. The van der Waals surface area contributed by atoms with Crippen molar-refractivity contribution in [2.75, 3.05) is 5.01 Å². The molecule has 0 radical (unpaired) electrons. The highest BCUT2D eigenvalue weighted by atomic mass is 16.2. The first-order valence-electron chi connectivity index (χ1n) is 5.05. The first kappa shape index (κ1) is 9.90. The van der Waals surface area contributed by atoms with Gasteiger partial charge >= 0.3 is 0 Å². The quantitative estimate of drug-likeness (QED) is 0.688. The van der Waals surface area contributed by atoms with Crippen molar-refractivity contribution in [1.29, 1.82) is 0 Å². The summed E-state index contributed by atoms with van der Waals surface area (Å²) < 4.78 is 0. The van der Waals surface area contributed by atoms with Gasteiger partial charge in [-0.25, -0.2) is 5.01 Å². The molecule has 0 bridgehead atoms. The first-order chi connectivity index (χ1) is 7.09. The van der Waals surface area contributed by atoms with Crippen molar-refractivity contribution in [3.8, 4) is 0 Å². The highest BCUT2D eigenvalue weighted by Crippen LogP contribution is 2.23. The van der Waals surface area contributed by atoms with Gasteiger partial charge in [-0.2, -0.15) is 5.10 Å². The van der Waals surface area contributed by atoms with Crippen LogP contribution in [0.2, 0.25) is 0 Å². The molecule has 0 saturated carbocycles. The highest BCUT2D eigenvalue weighted by molar-refractivity contribution is 6.14. The molecule has 2 rings (SSSR count). The maximum absolute atomic E-state index is 11.8. The second kappa shape index (κ2) is 3.50. The maximum atomic E-state index is 11.8. The molecular weight excluding hydrogens is 188 g/mol. The topological polar surface area (TPSA) is 32.7 Å². The lowest BCUT2D eigenvalue weighted by atomic mass is 10.1. The fourth-order valence-electron chi connectivity index (χ4n) is 1.60. The lowest BCUT2D eigenvalue weighted by Crippen LogP contribution is -2.25. The van der Waals surface area contributed by atoms with Crippen LogP contribution in [-0.4, -0.2) is 11.6 Å². The SMILES string of the molecule is CC1=NN(c2cccc(C)c2)C(=O)C1C. The van der Waals surface area contributed by atoms with Crippen LogP contribution in [0.25, 0.3) is 0 Å². The molecule has 1 atom stereocenters. The number of hydrogen-bond donors (Lipinski definition) is 0. The van der Waals surface area contributed by atoms with E-state index in [1.807, 2.05) is 45.0 Å². The van der Waals surface area contributed by atoms with Gasteiger partial charge < -0.3 is 0 Å². The van der Waals surface area contributed by atoms with Crippen LogP contribution >= 0.6 is 0 Å². The normalized spacial score (nSPS) is 20.7. The van der Waals surface area contributed by atoms with Crippen molar-refractivity contribution >= 4 is 17.3 Å². The van der Waals surface area contributed by atoms with Gasteiger partial charge in [0.15, 0.2) is 0 Å². The molecule has 0 N–H and O–H groups in total. The zero-order valence-electron chi connectivity index (χ0n) is 9.19. The van der Waals surface area contributed by atoms with Crippen LogP contribution in [0.1, 0.15) is 19.4 Å². The molecule has 3 heteroatoms. The Morgan fingerprint density at radius 1 is 1.33 bits per heavy atom. The number of benzene rings is 1. The summed E-state index contributed by atoms with van der Waals surface area (Å²) in [6.45, 7) is 5.78. The molecule has 1 aliphatic rings. The van der Waals surface area contributed by atoms with Gasteiger partial charge in [0.2, 0.25) is 0 Å². The predicted octanol–water partition coefficient (Wildman–Crippen LogP) is 2.35. The highest BCUT2D eigenvalue weighted by Gasteiger charge is 2.30. The zero-order valence-corrected chi connectivity index (χ0v) is 9.19. The predicted molar refractivity (Wildman–Crippen MR) is 60.9 cm³/mol. The molecule has 1 heterocycles. The third kappa shape index (κ3) is 1.65. The van der Waals surface area contributed by atoms with Gasteiger partial charge in [0.25, 0.3) is 5.91 Å². The minimum absolute atomic E-state index is 0.0538. The standard InChI is InChI=1S/C12H14N2O/c1-8-5-4-6-11(7-8)14-12(15)9(2)10(3)13-14/h4-7,9H,1-3H3. The van der Waals surface area contributed by atoms with Gasteiger partial charge in [0.05, 0.1) is 11.6 Å². The molecule has 1 unspecified atom stereocenters. The molecule has 1 aliphatic heterocycles. The second-order valence-corrected chi connectivity index (χ2v) is 3.95. The lowest BCUT2D eigenvalue weighted by molar-refractivity contribution is -0.119. The molecule has 0 fully saturated rings. The smallest absolute Gasteiger partial charge is 0.255 e. The van der Waals surface area contributed by atoms with Crippen LogP contribution in [0.5, 0.6) is 0 Å². The van der Waals surface area contributed by atoms with E-state index in [1.165, 1.54) is 5.01 Å². The number of carbonyl (C=O) groups is 1. The van der Waals surface area contributed by atoms with E-state index in [0.717, 1.165) is 17.0 Å². The summed E-state index contributed by atoms with van der Waals surface area (Å²) in [5.41, 5.74) is 2.86. The molecule has 1 aromatic rings. The van der Waals surface area contributed by atoms with Gasteiger partial charge in [-0.15, -0.1) is 0 Å². The van der Waals surface area contributed by atoms with Gasteiger partial charge in [0.1, 0.15) is 0 Å². The van der Waals surface area contributed by atoms with Crippen LogP contribution in [0.4, 0.5) is 5.69 Å². The fraction of sp³-hybridized carbons (Fsp3) is 0.333. The van der Waals surface area contributed by atoms with Gasteiger partial charge in [-0.3, -0.25) is 4.79 Å². The Morgan fingerprint density at radius 2 is 2.07 bits per heavy atom. The molecule has 0 spiro atoms. The largest absolute Gasteiger partial charge is 0.272 e. The van der Waals surface area contributed by atoms with E-state index < -0.39 is 0 Å². The molecule has 0 aliphatic carbocycles. The summed E-state index contributed by atoms with van der Waals surface area (Å²) in [5.74, 6) is -0.0383. The van der Waals surface area contributed by atoms with Gasteiger partial charge in [-0.1, -0.05) is 12.1 Å². The Bertz CT molecular complexity index is 437. The van der Waals surface area contributed by atoms with E-state index in [0.29, 0.717) is 0 Å². The summed E-state index contributed by atoms with van der Waals surface area (Å²) in [6, 6.07) is 7.81. The fourth-order valence-corrected chi connectivity index (χ4v) is 1.60. The van der Waals surface area contributed by atoms with Crippen molar-refractivity contribution in [2.24, 2.45) is 11.0 Å². The first-order valence-corrected chi connectivity index (χ1v) is 5.05. The van der Waals surface area contributed by atoms with Crippen molar-refractivity contribution in [2.45, 2.75) is 20.8 Å². The number of hydrogen-bond acceptors (Lipinski definition) is 2. The minimum atomic E-state index is -0.0921. The number of hydrazone groups is 1. The Morgan fingerprint density at radius 3 is 2.60 bits per heavy atom. The second-order valence-electron chi connectivity index (χ2n) is 3.95. The third-order valence-electron chi connectivity index (χ3n) is 2.71. The zero-order chi connectivity index (χ0) is 11.0. The van der Waals surface area contributed by atoms with Gasteiger partial charge in [0, 0.05) is 5.71 Å². The summed E-state index contributed by atoms with van der Waals surface area (Å²) in [7, 11) is 0. The van der Waals surface area contributed by atoms with E-state index in [-0.39, 0.29) is 11.8 Å². The number of anilines is 1. The van der Waals surface area contributed by atoms with E-state index >= 15 is 0 Å². The van der Waals surface area contributed by atoms with Crippen LogP contribution < -0.4 is 5.01 Å². The monoisotopic (exact) mass is 202 g/mol. The molecule has 0 saturated heterocycles. The van der Waals surface area contributed by atoms with Crippen LogP contribution in [-0.2, 0) is 4.79 Å². The molecular formula is C12H14N2O. The molecule has 3 nitrogen and oxygen atoms in total. The summed E-state index contributed by atoms with van der Waals surface area (Å²) >= 11 is 0. The van der Waals surface area contributed by atoms with Crippen molar-refractivity contribution in [3.63, 3.8) is 0 Å². The van der Waals surface area contributed by atoms with E-state index in [1.54, 1.807) is 0 Å². The van der Waals surface area contributed by atoms with E-state index in [4.69, 9.17) is 0 Å². The van der Waals surface area contributed by atoms with Crippen molar-refractivity contribution in [3.05, 3.63) is 29.8 Å². The maximum Gasteiger partial charge on any atom is 0.255 e. The molecule has 78 valence electrons. The van der Waals surface area contributed by atoms with Crippen molar-refractivity contribution in [1.82, 2.24) is 0 Å². The van der Waals surface area contributed by atoms with Crippen LogP contribution in [0.3, 0.4) is 0 Å². The number of carbonyl (C=O) groups excluding carboxylic acids is 1. The molecule has 15 heavy (non-hydrogen) atoms. The third-order valence-corrected chi connectivity index (χ3v) is 2.71. The molecule has 1 aromatic carbocycles. The Labute approximate surface area is 89.4 Å². The number of nitrogens with zero attached hydrogens (tertiary/aromatic N) is 2. The molecule has 0 aromatic heterocycles. The van der Waals surface area contributed by atoms with Crippen LogP contribution in [0.15, 0.2) is 29.4 Å². The average Bonchev–Trinajstić information content (AvgIpc) is 2.46. The average molecular weight is 202 g/mol. The number of amides is 1. The summed E-state index contributed by atoms with van der Waals surface area (Å²) in [4.78, 5) is 11.8. The molecule has 1 amide bonds. The van der Waals surface area contributed by atoms with E-state index in [9.17, 15) is 4.79 Å². The Kier molecular flexibility index (Phi) is 2.31. The Balaban J connectivity index is 2.37. The summed E-state index contributed by atoms with van der Waals surface area (Å²) in [6.07, 6.45) is 0. The minimum Gasteiger partial charge on any atom is -0.272 e. The van der Waals surface area contributed by atoms with Gasteiger partial charge in [-0.05, 0) is 38.5 Å². The summed E-state index contributed by atoms with van der Waals surface area (Å²) in [5, 5.41) is 5.76. The Hall–Kier alpha value is -1.64. The number of rotatable bonds is 1. The lowest BCUT2D eigenvalue weighted by Gasteiger charge is -2.13. The van der Waals surface area contributed by atoms with E-state index in [2.05, 4.69) is 5.10 Å². The van der Waals surface area contributed by atoms with Crippen LogP contribution in [0, 0.1) is 12.8 Å².